The van der Waals surface area contributed by atoms with Crippen molar-refractivity contribution in [2.45, 2.75) is 59.3 Å². The molecule has 0 saturated heterocycles. The summed E-state index contributed by atoms with van der Waals surface area (Å²) in [5, 5.41) is 9.40. The van der Waals surface area contributed by atoms with Crippen molar-refractivity contribution in [1.29, 1.82) is 5.26 Å². The van der Waals surface area contributed by atoms with E-state index in [0.717, 1.165) is 36.5 Å². The number of rotatable bonds is 0. The zero-order chi connectivity index (χ0) is 11.8. The van der Waals surface area contributed by atoms with Crippen molar-refractivity contribution in [2.24, 2.45) is 29.1 Å². The van der Waals surface area contributed by atoms with E-state index in [9.17, 15) is 5.26 Å². The SMILES string of the molecule is CC1CCC2CC(C)CC(C)(C#N)CC2C1. The molecule has 5 atom stereocenters. The summed E-state index contributed by atoms with van der Waals surface area (Å²) in [5.41, 5.74) is -0.0457. The lowest BCUT2D eigenvalue weighted by atomic mass is 9.69. The molecule has 1 nitrogen and oxygen atoms in total. The Hall–Kier alpha value is -0.510. The molecule has 0 aromatic heterocycles. The first-order valence-corrected chi connectivity index (χ1v) is 6.93. The summed E-state index contributed by atoms with van der Waals surface area (Å²) in [7, 11) is 0. The van der Waals surface area contributed by atoms with Crippen LogP contribution in [0.2, 0.25) is 0 Å². The van der Waals surface area contributed by atoms with E-state index in [4.69, 9.17) is 0 Å². The predicted molar refractivity (Wildman–Crippen MR) is 66.7 cm³/mol. The second-order valence-electron chi connectivity index (χ2n) is 6.86. The highest BCUT2D eigenvalue weighted by molar-refractivity contribution is 5.01. The number of fused-ring (bicyclic) bond motifs is 1. The Morgan fingerprint density at radius 1 is 1.00 bits per heavy atom. The van der Waals surface area contributed by atoms with Crippen molar-refractivity contribution in [1.82, 2.24) is 0 Å². The van der Waals surface area contributed by atoms with Crippen molar-refractivity contribution in [3.05, 3.63) is 0 Å². The van der Waals surface area contributed by atoms with E-state index >= 15 is 0 Å². The van der Waals surface area contributed by atoms with Gasteiger partial charge in [0, 0.05) is 0 Å². The number of nitriles is 1. The van der Waals surface area contributed by atoms with Gasteiger partial charge < -0.3 is 0 Å². The van der Waals surface area contributed by atoms with E-state index in [2.05, 4.69) is 26.8 Å². The third kappa shape index (κ3) is 2.42. The molecule has 0 spiro atoms. The van der Waals surface area contributed by atoms with Crippen LogP contribution >= 0.6 is 0 Å². The van der Waals surface area contributed by atoms with Gasteiger partial charge in [-0.2, -0.15) is 5.26 Å². The minimum absolute atomic E-state index is 0.0457. The Bertz CT molecular complexity index is 290. The molecule has 0 N–H and O–H groups in total. The molecule has 0 aromatic carbocycles. The minimum atomic E-state index is -0.0457. The Morgan fingerprint density at radius 2 is 1.69 bits per heavy atom. The average molecular weight is 219 g/mol. The van der Waals surface area contributed by atoms with Gasteiger partial charge in [0.1, 0.15) is 0 Å². The Balaban J connectivity index is 2.15. The maximum atomic E-state index is 9.40. The van der Waals surface area contributed by atoms with Gasteiger partial charge >= 0.3 is 0 Å². The number of hydrogen-bond acceptors (Lipinski definition) is 1. The average Bonchev–Trinajstić information content (AvgIpc) is 2.33. The van der Waals surface area contributed by atoms with Crippen molar-refractivity contribution in [2.75, 3.05) is 0 Å². The molecule has 0 bridgehead atoms. The van der Waals surface area contributed by atoms with Gasteiger partial charge in [-0.15, -0.1) is 0 Å². The Labute approximate surface area is 100 Å². The van der Waals surface area contributed by atoms with Gasteiger partial charge in [-0.25, -0.2) is 0 Å². The van der Waals surface area contributed by atoms with Gasteiger partial charge in [0.25, 0.3) is 0 Å². The van der Waals surface area contributed by atoms with Gasteiger partial charge in [-0.1, -0.05) is 20.3 Å². The van der Waals surface area contributed by atoms with Crippen LogP contribution < -0.4 is 0 Å². The predicted octanol–water partition coefficient (Wildman–Crippen LogP) is 4.39. The van der Waals surface area contributed by atoms with Gasteiger partial charge in [0.2, 0.25) is 0 Å². The molecular weight excluding hydrogens is 194 g/mol. The molecule has 2 saturated carbocycles. The van der Waals surface area contributed by atoms with Gasteiger partial charge in [0.15, 0.2) is 0 Å². The summed E-state index contributed by atoms with van der Waals surface area (Å²) < 4.78 is 0. The maximum Gasteiger partial charge on any atom is 0.0687 e. The molecule has 1 heteroatoms. The second-order valence-corrected chi connectivity index (χ2v) is 6.86. The molecular formula is C15H25N. The molecule has 5 unspecified atom stereocenters. The van der Waals surface area contributed by atoms with E-state index in [1.54, 1.807) is 0 Å². The summed E-state index contributed by atoms with van der Waals surface area (Å²) in [5.74, 6) is 3.38. The lowest BCUT2D eigenvalue weighted by molar-refractivity contribution is 0.156. The summed E-state index contributed by atoms with van der Waals surface area (Å²) in [6.07, 6.45) is 7.84. The van der Waals surface area contributed by atoms with Gasteiger partial charge in [-0.3, -0.25) is 0 Å². The molecule has 0 aromatic rings. The highest BCUT2D eigenvalue weighted by atomic mass is 14.5. The summed E-state index contributed by atoms with van der Waals surface area (Å²) in [6, 6.07) is 2.60. The largest absolute Gasteiger partial charge is 0.198 e. The van der Waals surface area contributed by atoms with Crippen LogP contribution in [0, 0.1) is 40.4 Å². The van der Waals surface area contributed by atoms with E-state index in [-0.39, 0.29) is 5.41 Å². The van der Waals surface area contributed by atoms with Crippen LogP contribution in [0.1, 0.15) is 59.3 Å². The Kier molecular flexibility index (Phi) is 3.29. The molecule has 2 rings (SSSR count). The lowest BCUT2D eigenvalue weighted by Crippen LogP contribution is -2.26. The first-order valence-electron chi connectivity index (χ1n) is 6.93. The van der Waals surface area contributed by atoms with Crippen molar-refractivity contribution in [3.63, 3.8) is 0 Å². The van der Waals surface area contributed by atoms with E-state index in [1.807, 2.05) is 0 Å². The summed E-state index contributed by atoms with van der Waals surface area (Å²) >= 11 is 0. The van der Waals surface area contributed by atoms with Crippen molar-refractivity contribution < 1.29 is 0 Å². The zero-order valence-corrected chi connectivity index (χ0v) is 11.0. The third-order valence-electron chi connectivity index (χ3n) is 4.89. The van der Waals surface area contributed by atoms with Crippen molar-refractivity contribution >= 4 is 0 Å². The van der Waals surface area contributed by atoms with Crippen LogP contribution in [0.5, 0.6) is 0 Å². The quantitative estimate of drug-likeness (QED) is 0.593. The molecule has 0 heterocycles. The second kappa shape index (κ2) is 4.40. The van der Waals surface area contributed by atoms with E-state index < -0.39 is 0 Å². The molecule has 2 aliphatic carbocycles. The fourth-order valence-corrected chi connectivity index (χ4v) is 4.24. The standard InChI is InChI=1S/C15H25N/c1-11-4-5-13-7-12(2)8-15(3,10-16)9-14(13)6-11/h11-14H,4-9H2,1-3H3. The number of nitrogens with zero attached hydrogens (tertiary/aromatic N) is 1. The van der Waals surface area contributed by atoms with Crippen LogP contribution in [-0.2, 0) is 0 Å². The summed E-state index contributed by atoms with van der Waals surface area (Å²) in [6.45, 7) is 6.91. The number of hydrogen-bond donors (Lipinski definition) is 0. The molecule has 90 valence electrons. The highest BCUT2D eigenvalue weighted by Gasteiger charge is 2.40. The normalized spacial score (nSPS) is 48.9. The first-order chi connectivity index (χ1) is 7.52. The molecule has 0 aliphatic heterocycles. The van der Waals surface area contributed by atoms with E-state index in [1.165, 1.54) is 25.7 Å². The highest BCUT2D eigenvalue weighted by Crippen LogP contribution is 2.48. The maximum absolute atomic E-state index is 9.40. The zero-order valence-electron chi connectivity index (χ0n) is 11.0. The fourth-order valence-electron chi connectivity index (χ4n) is 4.24. The third-order valence-corrected chi connectivity index (χ3v) is 4.89. The molecule has 2 aliphatic rings. The van der Waals surface area contributed by atoms with Crippen LogP contribution in [0.3, 0.4) is 0 Å². The molecule has 0 radical (unpaired) electrons. The lowest BCUT2D eigenvalue weighted by Gasteiger charge is -2.35. The van der Waals surface area contributed by atoms with Crippen LogP contribution in [-0.4, -0.2) is 0 Å². The molecule has 0 amide bonds. The van der Waals surface area contributed by atoms with Crippen LogP contribution in [0.4, 0.5) is 0 Å². The Morgan fingerprint density at radius 3 is 2.38 bits per heavy atom. The van der Waals surface area contributed by atoms with Crippen LogP contribution in [0.15, 0.2) is 0 Å². The van der Waals surface area contributed by atoms with Crippen LogP contribution in [0.25, 0.3) is 0 Å². The molecule has 16 heavy (non-hydrogen) atoms. The minimum Gasteiger partial charge on any atom is -0.198 e. The first kappa shape index (κ1) is 12.0. The summed E-state index contributed by atoms with van der Waals surface area (Å²) in [4.78, 5) is 0. The fraction of sp³-hybridized carbons (Fsp3) is 0.933. The van der Waals surface area contributed by atoms with Gasteiger partial charge in [-0.05, 0) is 62.7 Å². The van der Waals surface area contributed by atoms with E-state index in [0.29, 0.717) is 0 Å². The van der Waals surface area contributed by atoms with Crippen molar-refractivity contribution in [3.8, 4) is 6.07 Å². The monoisotopic (exact) mass is 219 g/mol. The topological polar surface area (TPSA) is 23.8 Å². The molecule has 2 fully saturated rings. The smallest absolute Gasteiger partial charge is 0.0687 e. The van der Waals surface area contributed by atoms with Gasteiger partial charge in [0.05, 0.1) is 11.5 Å².